The second-order valence-electron chi connectivity index (χ2n) is 10.5. The number of fused-ring (bicyclic) bond motifs is 3. The SMILES string of the molecule is CCCCCc1cc2c(cc1C)C(c1ccc(CC)cc1)=N[C@@H](C)C1=C/C(=O)CCC(C)C/C=C\12. The Kier molecular flexibility index (Phi) is 8.21. The number of rotatable bonds is 6. The van der Waals surface area contributed by atoms with E-state index in [1.807, 2.05) is 6.08 Å². The van der Waals surface area contributed by atoms with E-state index < -0.39 is 0 Å². The Labute approximate surface area is 212 Å². The predicted molar refractivity (Wildman–Crippen MR) is 149 cm³/mol. The van der Waals surface area contributed by atoms with Crippen molar-refractivity contribution < 1.29 is 4.79 Å². The molecule has 1 heterocycles. The number of aryl methyl sites for hydroxylation is 3. The second-order valence-corrected chi connectivity index (χ2v) is 10.5. The van der Waals surface area contributed by atoms with Crippen molar-refractivity contribution in [3.8, 4) is 0 Å². The second kappa shape index (κ2) is 11.3. The van der Waals surface area contributed by atoms with Crippen molar-refractivity contribution in [2.24, 2.45) is 10.9 Å². The van der Waals surface area contributed by atoms with Crippen molar-refractivity contribution in [2.45, 2.75) is 92.0 Å². The fraction of sp³-hybridized carbons (Fsp3) is 0.455. The summed E-state index contributed by atoms with van der Waals surface area (Å²) in [5, 5.41) is 0. The number of unbranched alkanes of at least 4 members (excludes halogenated alkanes) is 2. The molecule has 2 heteroatoms. The molecule has 0 saturated heterocycles. The molecular formula is C33H41NO. The van der Waals surface area contributed by atoms with Gasteiger partial charge in [0, 0.05) is 17.5 Å². The van der Waals surface area contributed by atoms with Crippen molar-refractivity contribution in [1.82, 2.24) is 0 Å². The zero-order chi connectivity index (χ0) is 24.9. The number of aliphatic imine (C=N–C) groups is 1. The fourth-order valence-corrected chi connectivity index (χ4v) is 5.35. The molecule has 0 bridgehead atoms. The van der Waals surface area contributed by atoms with Gasteiger partial charge in [0.25, 0.3) is 0 Å². The van der Waals surface area contributed by atoms with Gasteiger partial charge in [-0.3, -0.25) is 9.79 Å². The number of hydrogen-bond acceptors (Lipinski definition) is 2. The van der Waals surface area contributed by atoms with Gasteiger partial charge in [0.2, 0.25) is 0 Å². The van der Waals surface area contributed by atoms with Gasteiger partial charge in [-0.25, -0.2) is 0 Å². The van der Waals surface area contributed by atoms with Gasteiger partial charge in [0.15, 0.2) is 5.78 Å². The van der Waals surface area contributed by atoms with Gasteiger partial charge in [-0.1, -0.05) is 70.0 Å². The van der Waals surface area contributed by atoms with Gasteiger partial charge in [-0.2, -0.15) is 0 Å². The first-order chi connectivity index (χ1) is 16.9. The molecule has 1 unspecified atom stereocenters. The lowest BCUT2D eigenvalue weighted by molar-refractivity contribution is -0.114. The minimum Gasteiger partial charge on any atom is -0.295 e. The van der Waals surface area contributed by atoms with Crippen LogP contribution >= 0.6 is 0 Å². The molecule has 2 atom stereocenters. The molecule has 184 valence electrons. The Bertz CT molecular complexity index is 1160. The smallest absolute Gasteiger partial charge is 0.156 e. The van der Waals surface area contributed by atoms with Crippen LogP contribution in [-0.2, 0) is 17.6 Å². The van der Waals surface area contributed by atoms with Crippen molar-refractivity contribution >= 4 is 17.1 Å². The third-order valence-corrected chi connectivity index (χ3v) is 7.71. The molecular weight excluding hydrogens is 426 g/mol. The molecule has 1 aliphatic carbocycles. The number of allylic oxidation sites excluding steroid dienone is 2. The standard InChI is InChI=1S/C33H41NO/c1-6-8-9-10-27-20-31-29-18-12-22(3)11-17-28(35)21-30(29)24(5)34-33(32(31)19-23(27)4)26-15-13-25(7-2)14-16-26/h13-16,18-22,24H,6-12,17H2,1-5H3/b29-18+,30-21-/t22?,24-/m0/s1. The summed E-state index contributed by atoms with van der Waals surface area (Å²) >= 11 is 0. The number of nitrogens with zero attached hydrogens (tertiary/aromatic N) is 1. The Hall–Kier alpha value is -2.74. The third-order valence-electron chi connectivity index (χ3n) is 7.71. The van der Waals surface area contributed by atoms with Crippen LogP contribution in [0.4, 0.5) is 0 Å². The molecule has 0 spiro atoms. The lowest BCUT2D eigenvalue weighted by Crippen LogP contribution is -2.09. The molecule has 0 fully saturated rings. The maximum atomic E-state index is 12.9. The van der Waals surface area contributed by atoms with Crippen molar-refractivity contribution in [1.29, 1.82) is 0 Å². The van der Waals surface area contributed by atoms with E-state index in [4.69, 9.17) is 4.99 Å². The van der Waals surface area contributed by atoms with Gasteiger partial charge in [0.1, 0.15) is 0 Å². The normalized spacial score (nSPS) is 23.3. The lowest BCUT2D eigenvalue weighted by Gasteiger charge is -2.18. The highest BCUT2D eigenvalue weighted by atomic mass is 16.1. The van der Waals surface area contributed by atoms with Crippen LogP contribution in [-0.4, -0.2) is 17.5 Å². The summed E-state index contributed by atoms with van der Waals surface area (Å²) < 4.78 is 0. The van der Waals surface area contributed by atoms with Gasteiger partial charge in [0.05, 0.1) is 11.8 Å². The van der Waals surface area contributed by atoms with Crippen molar-refractivity contribution in [2.75, 3.05) is 0 Å². The Morgan fingerprint density at radius 1 is 1.00 bits per heavy atom. The Balaban J connectivity index is 1.94. The average molecular weight is 468 g/mol. The minimum atomic E-state index is -0.0734. The molecule has 0 radical (unpaired) electrons. The highest BCUT2D eigenvalue weighted by Crippen LogP contribution is 2.38. The van der Waals surface area contributed by atoms with Crippen molar-refractivity contribution in [3.05, 3.63) is 87.5 Å². The number of hydrogen-bond donors (Lipinski definition) is 0. The molecule has 2 aromatic carbocycles. The third kappa shape index (κ3) is 5.74. The van der Waals surface area contributed by atoms with E-state index in [-0.39, 0.29) is 11.8 Å². The summed E-state index contributed by atoms with van der Waals surface area (Å²) in [5.41, 5.74) is 11.0. The molecule has 2 nitrogen and oxygen atoms in total. The summed E-state index contributed by atoms with van der Waals surface area (Å²) in [6, 6.07) is 13.6. The van der Waals surface area contributed by atoms with Gasteiger partial charge < -0.3 is 0 Å². The van der Waals surface area contributed by atoms with Crippen LogP contribution in [0.15, 0.2) is 59.1 Å². The number of carbonyl (C=O) groups is 1. The summed E-state index contributed by atoms with van der Waals surface area (Å²) in [4.78, 5) is 18.2. The number of ketones is 1. The minimum absolute atomic E-state index is 0.0734. The quantitative estimate of drug-likeness (QED) is 0.393. The first kappa shape index (κ1) is 25.4. The molecule has 35 heavy (non-hydrogen) atoms. The lowest BCUT2D eigenvalue weighted by atomic mass is 9.85. The van der Waals surface area contributed by atoms with Crippen LogP contribution < -0.4 is 0 Å². The van der Waals surface area contributed by atoms with Gasteiger partial charge >= 0.3 is 0 Å². The molecule has 0 saturated carbocycles. The van der Waals surface area contributed by atoms with E-state index in [1.165, 1.54) is 52.7 Å². The fourth-order valence-electron chi connectivity index (χ4n) is 5.35. The summed E-state index contributed by atoms with van der Waals surface area (Å²) in [6.07, 6.45) is 12.7. The largest absolute Gasteiger partial charge is 0.295 e. The topological polar surface area (TPSA) is 29.4 Å². The maximum absolute atomic E-state index is 12.9. The molecule has 0 N–H and O–H groups in total. The monoisotopic (exact) mass is 467 g/mol. The Morgan fingerprint density at radius 2 is 1.77 bits per heavy atom. The van der Waals surface area contributed by atoms with E-state index in [0.717, 1.165) is 42.5 Å². The first-order valence-electron chi connectivity index (χ1n) is 13.7. The zero-order valence-corrected chi connectivity index (χ0v) is 22.3. The molecule has 2 aromatic rings. The number of benzene rings is 2. The van der Waals surface area contributed by atoms with E-state index in [9.17, 15) is 4.79 Å². The van der Waals surface area contributed by atoms with E-state index in [0.29, 0.717) is 12.3 Å². The van der Waals surface area contributed by atoms with Crippen LogP contribution in [0.25, 0.3) is 5.57 Å². The van der Waals surface area contributed by atoms with E-state index >= 15 is 0 Å². The zero-order valence-electron chi connectivity index (χ0n) is 22.3. The number of carbonyl (C=O) groups excluding carboxylic acids is 1. The maximum Gasteiger partial charge on any atom is 0.156 e. The highest BCUT2D eigenvalue weighted by molar-refractivity contribution is 6.17. The predicted octanol–water partition coefficient (Wildman–Crippen LogP) is 8.23. The van der Waals surface area contributed by atoms with Crippen LogP contribution in [0.1, 0.15) is 99.6 Å². The first-order valence-corrected chi connectivity index (χ1v) is 13.7. The van der Waals surface area contributed by atoms with Crippen LogP contribution in [0.2, 0.25) is 0 Å². The molecule has 0 aromatic heterocycles. The summed E-state index contributed by atoms with van der Waals surface area (Å²) in [5.74, 6) is 0.729. The highest BCUT2D eigenvalue weighted by Gasteiger charge is 2.27. The van der Waals surface area contributed by atoms with Crippen LogP contribution in [0.3, 0.4) is 0 Å². The van der Waals surface area contributed by atoms with Gasteiger partial charge in [-0.05, 0) is 97.4 Å². The summed E-state index contributed by atoms with van der Waals surface area (Å²) in [7, 11) is 0. The van der Waals surface area contributed by atoms with Crippen LogP contribution in [0.5, 0.6) is 0 Å². The molecule has 1 aliphatic heterocycles. The van der Waals surface area contributed by atoms with Crippen LogP contribution in [0, 0.1) is 12.8 Å². The van der Waals surface area contributed by atoms with E-state index in [2.05, 4.69) is 77.1 Å². The average Bonchev–Trinajstić information content (AvgIpc) is 2.90. The van der Waals surface area contributed by atoms with Crippen molar-refractivity contribution in [3.63, 3.8) is 0 Å². The summed E-state index contributed by atoms with van der Waals surface area (Å²) in [6.45, 7) is 11.1. The Morgan fingerprint density at radius 3 is 2.49 bits per heavy atom. The molecule has 2 aliphatic rings. The molecule has 4 rings (SSSR count). The van der Waals surface area contributed by atoms with E-state index in [1.54, 1.807) is 0 Å². The molecule has 0 amide bonds. The van der Waals surface area contributed by atoms with Gasteiger partial charge in [-0.15, -0.1) is 0 Å².